The zero-order valence-corrected chi connectivity index (χ0v) is 11.9. The third kappa shape index (κ3) is 3.06. The molecular weight excluding hydrogens is 248 g/mol. The minimum Gasteiger partial charge on any atom is -0.366 e. The number of nitrogens with two attached hydrogens (primary N) is 1. The van der Waals surface area contributed by atoms with E-state index >= 15 is 0 Å². The van der Waals surface area contributed by atoms with E-state index in [9.17, 15) is 4.79 Å². The van der Waals surface area contributed by atoms with E-state index in [1.54, 1.807) is 12.1 Å². The SMILES string of the molecule is CC[C@@H](NC)c1ccc(-c2ccc(C(N)=O)cc2)cc1. The number of carbonyl (C=O) groups is 1. The minimum atomic E-state index is -0.397. The number of primary amides is 1. The first-order chi connectivity index (χ1) is 9.65. The van der Waals surface area contributed by atoms with Crippen LogP contribution in [0, 0.1) is 0 Å². The van der Waals surface area contributed by atoms with Gasteiger partial charge in [-0.3, -0.25) is 4.79 Å². The Morgan fingerprint density at radius 2 is 1.55 bits per heavy atom. The molecule has 1 atom stereocenters. The Hall–Kier alpha value is -2.13. The second kappa shape index (κ2) is 6.35. The van der Waals surface area contributed by atoms with Crippen LogP contribution in [-0.4, -0.2) is 13.0 Å². The lowest BCUT2D eigenvalue weighted by molar-refractivity contribution is 0.100. The van der Waals surface area contributed by atoms with Crippen molar-refractivity contribution in [3.8, 4) is 11.1 Å². The van der Waals surface area contributed by atoms with E-state index in [0.29, 0.717) is 11.6 Å². The van der Waals surface area contributed by atoms with E-state index in [4.69, 9.17) is 5.73 Å². The Morgan fingerprint density at radius 3 is 1.95 bits per heavy atom. The van der Waals surface area contributed by atoms with E-state index in [2.05, 4.69) is 36.5 Å². The van der Waals surface area contributed by atoms with E-state index in [0.717, 1.165) is 17.5 Å². The molecular formula is C17H20N2O. The third-order valence-corrected chi connectivity index (χ3v) is 3.57. The average Bonchev–Trinajstić information content (AvgIpc) is 2.49. The lowest BCUT2D eigenvalue weighted by Crippen LogP contribution is -2.14. The van der Waals surface area contributed by atoms with Crippen molar-refractivity contribution in [1.82, 2.24) is 5.32 Å². The lowest BCUT2D eigenvalue weighted by Gasteiger charge is -2.14. The maximum atomic E-state index is 11.0. The molecule has 0 bridgehead atoms. The van der Waals surface area contributed by atoms with Crippen molar-refractivity contribution < 1.29 is 4.79 Å². The second-order valence-corrected chi connectivity index (χ2v) is 4.81. The van der Waals surface area contributed by atoms with Crippen LogP contribution < -0.4 is 11.1 Å². The summed E-state index contributed by atoms with van der Waals surface area (Å²) in [6.07, 6.45) is 1.06. The Morgan fingerprint density at radius 1 is 1.05 bits per heavy atom. The summed E-state index contributed by atoms with van der Waals surface area (Å²) in [5.41, 5.74) is 9.28. The monoisotopic (exact) mass is 268 g/mol. The average molecular weight is 268 g/mol. The zero-order valence-electron chi connectivity index (χ0n) is 11.9. The number of hydrogen-bond donors (Lipinski definition) is 2. The molecule has 0 aromatic heterocycles. The molecule has 3 N–H and O–H groups in total. The topological polar surface area (TPSA) is 55.1 Å². The van der Waals surface area contributed by atoms with Gasteiger partial charge in [0.05, 0.1) is 0 Å². The fraction of sp³-hybridized carbons (Fsp3) is 0.235. The molecule has 3 nitrogen and oxygen atoms in total. The van der Waals surface area contributed by atoms with Crippen LogP contribution in [0.25, 0.3) is 11.1 Å². The van der Waals surface area contributed by atoms with Crippen LogP contribution in [0.4, 0.5) is 0 Å². The van der Waals surface area contributed by atoms with Crippen molar-refractivity contribution in [2.24, 2.45) is 5.73 Å². The smallest absolute Gasteiger partial charge is 0.248 e. The van der Waals surface area contributed by atoms with E-state index < -0.39 is 5.91 Å². The number of nitrogens with one attached hydrogen (secondary N) is 1. The molecule has 0 unspecified atom stereocenters. The number of benzene rings is 2. The third-order valence-electron chi connectivity index (χ3n) is 3.57. The molecule has 2 aromatic rings. The summed E-state index contributed by atoms with van der Waals surface area (Å²) in [6.45, 7) is 2.16. The van der Waals surface area contributed by atoms with Crippen LogP contribution in [0.2, 0.25) is 0 Å². The molecule has 0 fully saturated rings. The van der Waals surface area contributed by atoms with Gasteiger partial charge in [0.1, 0.15) is 0 Å². The van der Waals surface area contributed by atoms with Gasteiger partial charge in [-0.1, -0.05) is 43.3 Å². The Balaban J connectivity index is 2.23. The fourth-order valence-corrected chi connectivity index (χ4v) is 2.34. The predicted molar refractivity (Wildman–Crippen MR) is 82.5 cm³/mol. The fourth-order valence-electron chi connectivity index (χ4n) is 2.34. The number of carbonyl (C=O) groups excluding carboxylic acids is 1. The molecule has 0 saturated carbocycles. The van der Waals surface area contributed by atoms with Crippen LogP contribution in [0.15, 0.2) is 48.5 Å². The van der Waals surface area contributed by atoms with Crippen LogP contribution in [0.1, 0.15) is 35.3 Å². The molecule has 2 rings (SSSR count). The van der Waals surface area contributed by atoms with Crippen molar-refractivity contribution in [3.05, 3.63) is 59.7 Å². The highest BCUT2D eigenvalue weighted by Gasteiger charge is 2.07. The first-order valence-corrected chi connectivity index (χ1v) is 6.83. The summed E-state index contributed by atoms with van der Waals surface area (Å²) in [6, 6.07) is 16.2. The number of rotatable bonds is 5. The summed E-state index contributed by atoms with van der Waals surface area (Å²) in [5.74, 6) is -0.397. The first-order valence-electron chi connectivity index (χ1n) is 6.83. The van der Waals surface area contributed by atoms with Crippen LogP contribution in [0.3, 0.4) is 0 Å². The van der Waals surface area contributed by atoms with Crippen molar-refractivity contribution in [1.29, 1.82) is 0 Å². The highest BCUT2D eigenvalue weighted by molar-refractivity contribution is 5.93. The summed E-state index contributed by atoms with van der Waals surface area (Å²) < 4.78 is 0. The molecule has 2 aromatic carbocycles. The predicted octanol–water partition coefficient (Wildman–Crippen LogP) is 3.12. The van der Waals surface area contributed by atoms with E-state index in [1.807, 2.05) is 19.2 Å². The highest BCUT2D eigenvalue weighted by Crippen LogP contribution is 2.23. The van der Waals surface area contributed by atoms with Gasteiger partial charge in [-0.25, -0.2) is 0 Å². The van der Waals surface area contributed by atoms with Crippen LogP contribution >= 0.6 is 0 Å². The Kier molecular flexibility index (Phi) is 4.53. The second-order valence-electron chi connectivity index (χ2n) is 4.81. The molecule has 0 spiro atoms. The Bertz CT molecular complexity index is 569. The van der Waals surface area contributed by atoms with Gasteiger partial charge in [0, 0.05) is 11.6 Å². The molecule has 104 valence electrons. The van der Waals surface area contributed by atoms with Gasteiger partial charge < -0.3 is 11.1 Å². The number of hydrogen-bond acceptors (Lipinski definition) is 2. The lowest BCUT2D eigenvalue weighted by atomic mass is 9.99. The summed E-state index contributed by atoms with van der Waals surface area (Å²) in [7, 11) is 1.98. The van der Waals surface area contributed by atoms with Gasteiger partial charge in [0.2, 0.25) is 5.91 Å². The quantitative estimate of drug-likeness (QED) is 0.875. The summed E-state index contributed by atoms with van der Waals surface area (Å²) in [4.78, 5) is 11.0. The normalized spacial score (nSPS) is 12.1. The largest absolute Gasteiger partial charge is 0.366 e. The van der Waals surface area contributed by atoms with Crippen molar-refractivity contribution in [3.63, 3.8) is 0 Å². The van der Waals surface area contributed by atoms with Gasteiger partial charge in [0.25, 0.3) is 0 Å². The number of amides is 1. The van der Waals surface area contributed by atoms with Crippen molar-refractivity contribution in [2.45, 2.75) is 19.4 Å². The van der Waals surface area contributed by atoms with E-state index in [-0.39, 0.29) is 0 Å². The minimum absolute atomic E-state index is 0.390. The summed E-state index contributed by atoms with van der Waals surface area (Å²) >= 11 is 0. The Labute approximate surface area is 119 Å². The van der Waals surface area contributed by atoms with Gasteiger partial charge in [-0.2, -0.15) is 0 Å². The highest BCUT2D eigenvalue weighted by atomic mass is 16.1. The molecule has 0 saturated heterocycles. The van der Waals surface area contributed by atoms with Crippen LogP contribution in [-0.2, 0) is 0 Å². The van der Waals surface area contributed by atoms with Gasteiger partial charge >= 0.3 is 0 Å². The maximum Gasteiger partial charge on any atom is 0.248 e. The van der Waals surface area contributed by atoms with Gasteiger partial charge in [0.15, 0.2) is 0 Å². The standard InChI is InChI=1S/C17H20N2O/c1-3-16(19-2)14-8-4-12(5-9-14)13-6-10-15(11-7-13)17(18)20/h4-11,16,19H,3H2,1-2H3,(H2,18,20)/t16-/m1/s1. The molecule has 1 amide bonds. The summed E-state index contributed by atoms with van der Waals surface area (Å²) in [5, 5.41) is 3.30. The van der Waals surface area contributed by atoms with Gasteiger partial charge in [-0.05, 0) is 42.3 Å². The molecule has 0 aliphatic rings. The maximum absolute atomic E-state index is 11.0. The zero-order chi connectivity index (χ0) is 14.5. The van der Waals surface area contributed by atoms with Crippen LogP contribution in [0.5, 0.6) is 0 Å². The van der Waals surface area contributed by atoms with E-state index in [1.165, 1.54) is 5.56 Å². The van der Waals surface area contributed by atoms with Gasteiger partial charge in [-0.15, -0.1) is 0 Å². The molecule has 0 radical (unpaired) electrons. The molecule has 0 aliphatic heterocycles. The molecule has 20 heavy (non-hydrogen) atoms. The van der Waals surface area contributed by atoms with Crippen molar-refractivity contribution >= 4 is 5.91 Å². The first kappa shape index (κ1) is 14.3. The molecule has 3 heteroatoms. The van der Waals surface area contributed by atoms with Crippen molar-refractivity contribution in [2.75, 3.05) is 7.05 Å². The molecule has 0 aliphatic carbocycles. The molecule has 0 heterocycles.